The minimum Gasteiger partial charge on any atom is -0.425 e. The third-order valence-electron chi connectivity index (χ3n) is 3.02. The summed E-state index contributed by atoms with van der Waals surface area (Å²) in [5.74, 6) is 0.228. The number of carbonyl (C=O) groups excluding carboxylic acids is 1. The quantitative estimate of drug-likeness (QED) is 0.351. The molecule has 0 saturated heterocycles. The number of para-hydroxylation sites is 1. The van der Waals surface area contributed by atoms with E-state index in [2.05, 4.69) is 4.31 Å². The number of phosphoric acid groups is 2. The van der Waals surface area contributed by atoms with Crippen LogP contribution in [-0.2, 0) is 18.2 Å². The fourth-order valence-corrected chi connectivity index (χ4v) is 3.31. The van der Waals surface area contributed by atoms with Gasteiger partial charge in [-0.15, -0.1) is 0 Å². The van der Waals surface area contributed by atoms with Crippen LogP contribution >= 0.6 is 15.6 Å². The van der Waals surface area contributed by atoms with E-state index >= 15 is 0 Å². The number of rotatable bonds is 3. The second kappa shape index (κ2) is 7.59. The van der Waals surface area contributed by atoms with Gasteiger partial charge in [-0.25, -0.2) is 9.13 Å². The molecule has 25 heavy (non-hydrogen) atoms. The number of esters is 1. The maximum absolute atomic E-state index is 11.8. The summed E-state index contributed by atoms with van der Waals surface area (Å²) < 4.78 is 27.4. The van der Waals surface area contributed by atoms with Crippen molar-refractivity contribution in [1.29, 1.82) is 0 Å². The van der Waals surface area contributed by atoms with Crippen molar-refractivity contribution in [2.24, 2.45) is 0 Å². The standard InChI is InChI=1S/C14H10O2.H4O7P2/c15-14-13(10-6-2-1-3-7-10)11-8-4-5-9-12(11)16-14;1-8(2,3)7-9(4,5)6/h1-9,13H;(H2,1,2,3)(H2,4,5,6). The summed E-state index contributed by atoms with van der Waals surface area (Å²) in [5, 5.41) is 0. The van der Waals surface area contributed by atoms with E-state index in [9.17, 15) is 13.9 Å². The summed E-state index contributed by atoms with van der Waals surface area (Å²) in [5.41, 5.74) is 1.94. The van der Waals surface area contributed by atoms with Crippen molar-refractivity contribution in [3.05, 3.63) is 65.7 Å². The summed E-state index contributed by atoms with van der Waals surface area (Å²) in [6, 6.07) is 17.3. The molecule has 134 valence electrons. The number of fused-ring (bicyclic) bond motifs is 1. The molecule has 3 rings (SSSR count). The Morgan fingerprint density at radius 1 is 0.840 bits per heavy atom. The van der Waals surface area contributed by atoms with Crippen LogP contribution in [0.2, 0.25) is 0 Å². The molecule has 4 N–H and O–H groups in total. The normalized spacial score (nSPS) is 16.5. The maximum atomic E-state index is 11.8. The van der Waals surface area contributed by atoms with Gasteiger partial charge in [0, 0.05) is 5.56 Å². The van der Waals surface area contributed by atoms with Crippen molar-refractivity contribution in [2.75, 3.05) is 0 Å². The van der Waals surface area contributed by atoms with E-state index in [1.54, 1.807) is 0 Å². The molecular formula is C14H14O9P2. The molecule has 1 aliphatic heterocycles. The highest BCUT2D eigenvalue weighted by Gasteiger charge is 2.33. The summed E-state index contributed by atoms with van der Waals surface area (Å²) >= 11 is 0. The van der Waals surface area contributed by atoms with E-state index in [-0.39, 0.29) is 11.9 Å². The van der Waals surface area contributed by atoms with Gasteiger partial charge in [-0.3, -0.25) is 4.79 Å². The number of hydrogen-bond acceptors (Lipinski definition) is 5. The Hall–Kier alpha value is -1.83. The first-order chi connectivity index (χ1) is 11.6. The van der Waals surface area contributed by atoms with E-state index in [0.29, 0.717) is 5.75 Å². The fraction of sp³-hybridized carbons (Fsp3) is 0.0714. The third kappa shape index (κ3) is 5.88. The third-order valence-corrected chi connectivity index (χ3v) is 4.72. The summed E-state index contributed by atoms with van der Waals surface area (Å²) in [7, 11) is -10.1. The largest absolute Gasteiger partial charge is 0.478 e. The minimum absolute atomic E-state index is 0.188. The molecule has 2 aromatic carbocycles. The highest BCUT2D eigenvalue weighted by molar-refractivity contribution is 7.60. The molecule has 1 atom stereocenters. The van der Waals surface area contributed by atoms with Crippen LogP contribution in [0.3, 0.4) is 0 Å². The Balaban J connectivity index is 0.000000217. The molecule has 0 saturated carbocycles. The Kier molecular flexibility index (Phi) is 5.92. The van der Waals surface area contributed by atoms with Gasteiger partial charge in [0.2, 0.25) is 0 Å². The first kappa shape index (κ1) is 19.5. The molecule has 1 heterocycles. The first-order valence-electron chi connectivity index (χ1n) is 6.75. The van der Waals surface area contributed by atoms with Crippen LogP contribution in [0, 0.1) is 0 Å². The highest BCUT2D eigenvalue weighted by atomic mass is 31.3. The summed E-state index contributed by atoms with van der Waals surface area (Å²) in [4.78, 5) is 42.8. The number of benzene rings is 2. The lowest BCUT2D eigenvalue weighted by Crippen LogP contribution is -2.11. The average Bonchev–Trinajstić information content (AvgIpc) is 2.80. The van der Waals surface area contributed by atoms with Crippen molar-refractivity contribution in [1.82, 2.24) is 0 Å². The second-order valence-electron chi connectivity index (χ2n) is 4.87. The zero-order chi connectivity index (χ0) is 18.7. The van der Waals surface area contributed by atoms with Gasteiger partial charge in [0.25, 0.3) is 0 Å². The molecule has 11 heteroatoms. The maximum Gasteiger partial charge on any atom is 0.478 e. The van der Waals surface area contributed by atoms with Crippen molar-refractivity contribution in [3.63, 3.8) is 0 Å². The van der Waals surface area contributed by atoms with Gasteiger partial charge in [0.15, 0.2) is 0 Å². The van der Waals surface area contributed by atoms with Gasteiger partial charge in [0.05, 0.1) is 0 Å². The predicted octanol–water partition coefficient (Wildman–Crippen LogP) is 1.93. The number of ether oxygens (including phenoxy) is 1. The van der Waals surface area contributed by atoms with Crippen LogP contribution in [0.15, 0.2) is 54.6 Å². The van der Waals surface area contributed by atoms with Crippen molar-refractivity contribution < 1.29 is 42.5 Å². The number of carbonyl (C=O) groups is 1. The molecule has 9 nitrogen and oxygen atoms in total. The summed E-state index contributed by atoms with van der Waals surface area (Å²) in [6.45, 7) is 0. The van der Waals surface area contributed by atoms with Gasteiger partial charge in [0.1, 0.15) is 11.7 Å². The molecule has 0 aromatic heterocycles. The zero-order valence-corrected chi connectivity index (χ0v) is 14.3. The van der Waals surface area contributed by atoms with Gasteiger partial charge in [-0.05, 0) is 11.6 Å². The van der Waals surface area contributed by atoms with Gasteiger partial charge < -0.3 is 24.3 Å². The average molecular weight is 388 g/mol. The monoisotopic (exact) mass is 388 g/mol. The smallest absolute Gasteiger partial charge is 0.425 e. The Morgan fingerprint density at radius 3 is 1.88 bits per heavy atom. The van der Waals surface area contributed by atoms with E-state index in [4.69, 9.17) is 24.3 Å². The Labute approximate surface area is 142 Å². The molecule has 0 amide bonds. The lowest BCUT2D eigenvalue weighted by molar-refractivity contribution is -0.133. The first-order valence-corrected chi connectivity index (χ1v) is 9.81. The van der Waals surface area contributed by atoms with Gasteiger partial charge in [-0.2, -0.15) is 4.31 Å². The van der Waals surface area contributed by atoms with Crippen LogP contribution in [0.1, 0.15) is 17.0 Å². The Morgan fingerprint density at radius 2 is 1.36 bits per heavy atom. The molecule has 0 spiro atoms. The molecule has 1 unspecified atom stereocenters. The van der Waals surface area contributed by atoms with Crippen LogP contribution < -0.4 is 4.74 Å². The highest BCUT2D eigenvalue weighted by Crippen LogP contribution is 2.53. The fourth-order valence-electron chi connectivity index (χ4n) is 2.21. The predicted molar refractivity (Wildman–Crippen MR) is 85.5 cm³/mol. The van der Waals surface area contributed by atoms with E-state index in [1.165, 1.54) is 0 Å². The lowest BCUT2D eigenvalue weighted by Gasteiger charge is -2.06. The number of hydrogen-bond donors (Lipinski definition) is 4. The molecular weight excluding hydrogens is 374 g/mol. The molecule has 0 radical (unpaired) electrons. The SMILES string of the molecule is O=C1Oc2ccccc2C1c1ccccc1.O=P(O)(O)OP(=O)(O)O. The van der Waals surface area contributed by atoms with E-state index < -0.39 is 15.6 Å². The molecule has 1 aliphatic rings. The molecule has 0 bridgehead atoms. The Bertz CT molecular complexity index is 820. The van der Waals surface area contributed by atoms with Crippen molar-refractivity contribution >= 4 is 21.6 Å². The van der Waals surface area contributed by atoms with Crippen molar-refractivity contribution in [2.45, 2.75) is 5.92 Å². The molecule has 2 aromatic rings. The second-order valence-corrected chi connectivity index (χ2v) is 7.48. The van der Waals surface area contributed by atoms with Crippen molar-refractivity contribution in [3.8, 4) is 5.75 Å². The lowest BCUT2D eigenvalue weighted by atomic mass is 9.93. The molecule has 0 aliphatic carbocycles. The summed E-state index contributed by atoms with van der Waals surface area (Å²) in [6.07, 6.45) is 0. The zero-order valence-electron chi connectivity index (χ0n) is 12.5. The minimum atomic E-state index is -5.05. The van der Waals surface area contributed by atoms with Crippen LogP contribution in [0.25, 0.3) is 0 Å². The van der Waals surface area contributed by atoms with Crippen LogP contribution in [0.4, 0.5) is 0 Å². The van der Waals surface area contributed by atoms with E-state index in [1.807, 2.05) is 54.6 Å². The van der Waals surface area contributed by atoms with E-state index in [0.717, 1.165) is 11.1 Å². The van der Waals surface area contributed by atoms with Crippen LogP contribution in [-0.4, -0.2) is 25.5 Å². The van der Waals surface area contributed by atoms with Gasteiger partial charge >= 0.3 is 21.6 Å². The van der Waals surface area contributed by atoms with Gasteiger partial charge in [-0.1, -0.05) is 48.5 Å². The molecule has 0 fully saturated rings. The van der Waals surface area contributed by atoms with Crippen LogP contribution in [0.5, 0.6) is 5.75 Å². The topological polar surface area (TPSA) is 151 Å².